The van der Waals surface area contributed by atoms with Crippen LogP contribution in [0.3, 0.4) is 0 Å². The zero-order chi connectivity index (χ0) is 19.1. The second-order valence-corrected chi connectivity index (χ2v) is 5.67. The highest BCUT2D eigenvalue weighted by atomic mass is 19.4. The molecule has 0 atom stereocenters. The van der Waals surface area contributed by atoms with Crippen molar-refractivity contribution in [3.8, 4) is 11.4 Å². The van der Waals surface area contributed by atoms with Gasteiger partial charge in [0.15, 0.2) is 5.82 Å². The Hall–Kier alpha value is -3.10. The number of aromatic nitrogens is 3. The van der Waals surface area contributed by atoms with Gasteiger partial charge in [0.1, 0.15) is 11.2 Å². The van der Waals surface area contributed by atoms with Crippen molar-refractivity contribution in [1.82, 2.24) is 15.0 Å². The van der Waals surface area contributed by atoms with Crippen LogP contribution in [0.15, 0.2) is 30.3 Å². The first-order valence-corrected chi connectivity index (χ1v) is 7.71. The molecule has 0 aliphatic heterocycles. The normalized spacial score (nSPS) is 11.7. The number of nitrogens with zero attached hydrogens (tertiary/aromatic N) is 4. The minimum atomic E-state index is -4.55. The van der Waals surface area contributed by atoms with Crippen LogP contribution in [-0.4, -0.2) is 19.9 Å². The summed E-state index contributed by atoms with van der Waals surface area (Å²) in [5.74, 6) is 0.286. The van der Waals surface area contributed by atoms with E-state index >= 15 is 0 Å². The fourth-order valence-corrected chi connectivity index (χ4v) is 2.61. The number of rotatable bonds is 3. The van der Waals surface area contributed by atoms with Gasteiger partial charge in [-0.2, -0.15) is 13.2 Å². The molecule has 2 aromatic heterocycles. The highest BCUT2D eigenvalue weighted by molar-refractivity contribution is 5.79. The largest absolute Gasteiger partial charge is 0.433 e. The molecule has 134 valence electrons. The first-order chi connectivity index (χ1) is 12.2. The molecule has 9 heteroatoms. The Balaban J connectivity index is 2.17. The van der Waals surface area contributed by atoms with Crippen LogP contribution in [0, 0.1) is 17.0 Å². The molecule has 0 aliphatic rings. The summed E-state index contributed by atoms with van der Waals surface area (Å²) in [6, 6.07) is 6.59. The van der Waals surface area contributed by atoms with Crippen molar-refractivity contribution >= 4 is 16.7 Å². The first kappa shape index (κ1) is 17.7. The summed E-state index contributed by atoms with van der Waals surface area (Å²) >= 11 is 0. The van der Waals surface area contributed by atoms with E-state index in [-0.39, 0.29) is 22.5 Å². The maximum atomic E-state index is 12.9. The Labute approximate surface area is 145 Å². The quantitative estimate of drug-likeness (QED) is 0.506. The molecular weight excluding hydrogens is 349 g/mol. The zero-order valence-corrected chi connectivity index (χ0v) is 13.8. The van der Waals surface area contributed by atoms with Crippen molar-refractivity contribution < 1.29 is 18.1 Å². The van der Waals surface area contributed by atoms with Crippen LogP contribution in [0.5, 0.6) is 0 Å². The van der Waals surface area contributed by atoms with Crippen molar-refractivity contribution in [3.05, 3.63) is 57.4 Å². The molecule has 0 fully saturated rings. The minimum Gasteiger partial charge on any atom is -0.258 e. The molecule has 0 amide bonds. The van der Waals surface area contributed by atoms with E-state index in [1.807, 2.05) is 0 Å². The molecule has 1 aromatic carbocycles. The molecule has 0 bridgehead atoms. The predicted octanol–water partition coefficient (Wildman–Crippen LogP) is 4.49. The van der Waals surface area contributed by atoms with Crippen LogP contribution >= 0.6 is 0 Å². The van der Waals surface area contributed by atoms with E-state index < -0.39 is 16.8 Å². The van der Waals surface area contributed by atoms with E-state index in [2.05, 4.69) is 15.0 Å². The van der Waals surface area contributed by atoms with Gasteiger partial charge in [-0.3, -0.25) is 10.1 Å². The molecule has 6 nitrogen and oxygen atoms in total. The lowest BCUT2D eigenvalue weighted by molar-refractivity contribution is -0.385. The molecule has 0 spiro atoms. The minimum absolute atomic E-state index is 0.0262. The van der Waals surface area contributed by atoms with Gasteiger partial charge in [0.05, 0.1) is 16.1 Å². The zero-order valence-electron chi connectivity index (χ0n) is 13.8. The van der Waals surface area contributed by atoms with E-state index in [1.165, 1.54) is 18.2 Å². The molecule has 0 N–H and O–H groups in total. The molecule has 26 heavy (non-hydrogen) atoms. The summed E-state index contributed by atoms with van der Waals surface area (Å²) in [5, 5.41) is 10.9. The molecule has 0 radical (unpaired) electrons. The molecule has 0 aliphatic carbocycles. The van der Waals surface area contributed by atoms with Crippen LogP contribution in [0.2, 0.25) is 0 Å². The van der Waals surface area contributed by atoms with E-state index in [4.69, 9.17) is 0 Å². The smallest absolute Gasteiger partial charge is 0.258 e. The molecule has 0 saturated heterocycles. The summed E-state index contributed by atoms with van der Waals surface area (Å²) in [6.45, 7) is 3.36. The summed E-state index contributed by atoms with van der Waals surface area (Å²) in [5.41, 5.74) is 0.737. The lowest BCUT2D eigenvalue weighted by Crippen LogP contribution is -2.09. The van der Waals surface area contributed by atoms with E-state index in [0.717, 1.165) is 6.07 Å². The van der Waals surface area contributed by atoms with Gasteiger partial charge in [0.25, 0.3) is 5.69 Å². The lowest BCUT2D eigenvalue weighted by Gasteiger charge is -2.10. The summed E-state index contributed by atoms with van der Waals surface area (Å²) < 4.78 is 38.7. The molecule has 3 aromatic rings. The highest BCUT2D eigenvalue weighted by Crippen LogP contribution is 2.30. The van der Waals surface area contributed by atoms with Gasteiger partial charge >= 0.3 is 6.18 Å². The third kappa shape index (κ3) is 3.19. The number of benzene rings is 1. The Bertz CT molecular complexity index is 1020. The van der Waals surface area contributed by atoms with Crippen molar-refractivity contribution in [2.45, 2.75) is 26.4 Å². The number of nitro benzene ring substituents is 1. The van der Waals surface area contributed by atoms with Gasteiger partial charge in [-0.1, -0.05) is 6.92 Å². The maximum Gasteiger partial charge on any atom is 0.433 e. The number of hydrogen-bond acceptors (Lipinski definition) is 5. The topological polar surface area (TPSA) is 81.8 Å². The highest BCUT2D eigenvalue weighted by Gasteiger charge is 2.33. The Kier molecular flexibility index (Phi) is 4.31. The predicted molar refractivity (Wildman–Crippen MR) is 88.5 cm³/mol. The second-order valence-electron chi connectivity index (χ2n) is 5.67. The molecule has 3 rings (SSSR count). The number of hydrogen-bond donors (Lipinski definition) is 0. The van der Waals surface area contributed by atoms with Gasteiger partial charge in [-0.05, 0) is 37.6 Å². The SMILES string of the molecule is CCc1nc(-c2ccc([N+](=O)[O-])c(C)c2)nc2ccc(C(F)(F)F)nc12. The van der Waals surface area contributed by atoms with Gasteiger partial charge in [-0.15, -0.1) is 0 Å². The number of pyridine rings is 1. The Morgan fingerprint density at radius 2 is 1.85 bits per heavy atom. The average molecular weight is 362 g/mol. The second kappa shape index (κ2) is 6.32. The monoisotopic (exact) mass is 362 g/mol. The molecular formula is C17H13F3N4O2. The summed E-state index contributed by atoms with van der Waals surface area (Å²) in [4.78, 5) is 22.7. The number of alkyl halides is 3. The molecule has 2 heterocycles. The third-order valence-electron chi connectivity index (χ3n) is 3.89. The number of fused-ring (bicyclic) bond motifs is 1. The fraction of sp³-hybridized carbons (Fsp3) is 0.235. The van der Waals surface area contributed by atoms with Gasteiger partial charge in [0, 0.05) is 17.2 Å². The average Bonchev–Trinajstić information content (AvgIpc) is 2.59. The number of halogens is 3. The number of nitro groups is 1. The van der Waals surface area contributed by atoms with E-state index in [1.54, 1.807) is 19.9 Å². The standard InChI is InChI=1S/C17H13F3N4O2/c1-3-11-15-12(5-7-14(23-15)17(18,19)20)22-16(21-11)10-4-6-13(24(25)26)9(2)8-10/h4-8H,3H2,1-2H3. The Morgan fingerprint density at radius 1 is 1.12 bits per heavy atom. The van der Waals surface area contributed by atoms with E-state index in [0.29, 0.717) is 23.2 Å². The van der Waals surface area contributed by atoms with Crippen LogP contribution in [0.4, 0.5) is 18.9 Å². The third-order valence-corrected chi connectivity index (χ3v) is 3.89. The van der Waals surface area contributed by atoms with Crippen molar-refractivity contribution in [1.29, 1.82) is 0 Å². The van der Waals surface area contributed by atoms with Crippen LogP contribution in [-0.2, 0) is 12.6 Å². The van der Waals surface area contributed by atoms with Crippen molar-refractivity contribution in [2.75, 3.05) is 0 Å². The van der Waals surface area contributed by atoms with Crippen LogP contribution < -0.4 is 0 Å². The van der Waals surface area contributed by atoms with Crippen molar-refractivity contribution in [3.63, 3.8) is 0 Å². The summed E-state index contributed by atoms with van der Waals surface area (Å²) in [6.07, 6.45) is -4.18. The molecule has 0 saturated carbocycles. The van der Waals surface area contributed by atoms with Crippen LogP contribution in [0.1, 0.15) is 23.9 Å². The van der Waals surface area contributed by atoms with Crippen LogP contribution in [0.25, 0.3) is 22.4 Å². The van der Waals surface area contributed by atoms with Gasteiger partial charge in [0.2, 0.25) is 0 Å². The fourth-order valence-electron chi connectivity index (χ4n) is 2.61. The maximum absolute atomic E-state index is 12.9. The molecule has 0 unspecified atom stereocenters. The van der Waals surface area contributed by atoms with Crippen molar-refractivity contribution in [2.24, 2.45) is 0 Å². The summed E-state index contributed by atoms with van der Waals surface area (Å²) in [7, 11) is 0. The number of aryl methyl sites for hydroxylation is 2. The van der Waals surface area contributed by atoms with Gasteiger partial charge < -0.3 is 0 Å². The van der Waals surface area contributed by atoms with Gasteiger partial charge in [-0.25, -0.2) is 15.0 Å². The first-order valence-electron chi connectivity index (χ1n) is 7.71. The Morgan fingerprint density at radius 3 is 2.42 bits per heavy atom. The lowest BCUT2D eigenvalue weighted by atomic mass is 10.1. The van der Waals surface area contributed by atoms with E-state index in [9.17, 15) is 23.3 Å².